The summed E-state index contributed by atoms with van der Waals surface area (Å²) in [5.41, 5.74) is 0.600. The van der Waals surface area contributed by atoms with E-state index in [1.807, 2.05) is 13.8 Å². The molecule has 0 aliphatic heterocycles. The highest BCUT2D eigenvalue weighted by molar-refractivity contribution is 5.81. The summed E-state index contributed by atoms with van der Waals surface area (Å²) in [6, 6.07) is 3.13. The number of nitrogens with one attached hydrogen (secondary N) is 2. The number of hydrogen-bond donors (Lipinski definition) is 2. The van der Waals surface area contributed by atoms with Gasteiger partial charge in [0.25, 0.3) is 0 Å². The van der Waals surface area contributed by atoms with Crippen molar-refractivity contribution < 1.29 is 13.6 Å². The second kappa shape index (κ2) is 6.61. The first-order valence-electron chi connectivity index (χ1n) is 6.32. The molecule has 1 aromatic carbocycles. The van der Waals surface area contributed by atoms with Crippen LogP contribution >= 0.6 is 0 Å². The van der Waals surface area contributed by atoms with E-state index in [1.54, 1.807) is 13.8 Å². The van der Waals surface area contributed by atoms with E-state index >= 15 is 0 Å². The molecule has 2 atom stereocenters. The number of rotatable bonds is 5. The Morgan fingerprint density at radius 2 is 1.74 bits per heavy atom. The predicted molar refractivity (Wildman–Crippen MR) is 70.6 cm³/mol. The van der Waals surface area contributed by atoms with Crippen LogP contribution < -0.4 is 10.6 Å². The van der Waals surface area contributed by atoms with Gasteiger partial charge in [0.1, 0.15) is 0 Å². The van der Waals surface area contributed by atoms with Gasteiger partial charge in [0.2, 0.25) is 5.91 Å². The summed E-state index contributed by atoms with van der Waals surface area (Å²) < 4.78 is 26.0. The summed E-state index contributed by atoms with van der Waals surface area (Å²) in [7, 11) is 0. The molecule has 19 heavy (non-hydrogen) atoms. The zero-order valence-corrected chi connectivity index (χ0v) is 11.6. The van der Waals surface area contributed by atoms with Gasteiger partial charge in [-0.1, -0.05) is 6.07 Å². The van der Waals surface area contributed by atoms with Crippen molar-refractivity contribution in [3.63, 3.8) is 0 Å². The lowest BCUT2D eigenvalue weighted by molar-refractivity contribution is -0.123. The SMILES string of the molecule is CC(C)NC(=O)[C@H](C)N[C@H](C)c1ccc(F)c(F)c1. The summed E-state index contributed by atoms with van der Waals surface area (Å²) in [5.74, 6) is -1.88. The molecular formula is C14H20F2N2O. The van der Waals surface area contributed by atoms with Crippen molar-refractivity contribution in [1.29, 1.82) is 0 Å². The molecule has 0 unspecified atom stereocenters. The van der Waals surface area contributed by atoms with Crippen LogP contribution in [0, 0.1) is 11.6 Å². The smallest absolute Gasteiger partial charge is 0.237 e. The Hall–Kier alpha value is -1.49. The topological polar surface area (TPSA) is 41.1 Å². The fourth-order valence-corrected chi connectivity index (χ4v) is 1.74. The molecule has 1 amide bonds. The van der Waals surface area contributed by atoms with E-state index in [0.717, 1.165) is 12.1 Å². The van der Waals surface area contributed by atoms with Gasteiger partial charge in [-0.15, -0.1) is 0 Å². The zero-order chi connectivity index (χ0) is 14.6. The number of carbonyl (C=O) groups excluding carboxylic acids is 1. The van der Waals surface area contributed by atoms with Gasteiger partial charge in [-0.05, 0) is 45.4 Å². The number of hydrogen-bond acceptors (Lipinski definition) is 2. The molecule has 0 fully saturated rings. The lowest BCUT2D eigenvalue weighted by Crippen LogP contribution is -2.45. The first-order chi connectivity index (χ1) is 8.81. The summed E-state index contributed by atoms with van der Waals surface area (Å²) in [6.45, 7) is 7.28. The van der Waals surface area contributed by atoms with E-state index in [4.69, 9.17) is 0 Å². The standard InChI is InChI=1S/C14H20F2N2O/c1-8(2)17-14(19)10(4)18-9(3)11-5-6-12(15)13(16)7-11/h5-10,18H,1-4H3,(H,17,19)/t9-,10+/m1/s1. The average Bonchev–Trinajstić information content (AvgIpc) is 2.31. The van der Waals surface area contributed by atoms with Crippen molar-refractivity contribution in [2.75, 3.05) is 0 Å². The van der Waals surface area contributed by atoms with Crippen LogP contribution in [0.2, 0.25) is 0 Å². The van der Waals surface area contributed by atoms with E-state index in [0.29, 0.717) is 5.56 Å². The Balaban J connectivity index is 2.65. The van der Waals surface area contributed by atoms with Gasteiger partial charge in [0, 0.05) is 12.1 Å². The van der Waals surface area contributed by atoms with Gasteiger partial charge in [0.05, 0.1) is 6.04 Å². The maximum Gasteiger partial charge on any atom is 0.237 e. The molecule has 0 radical (unpaired) electrons. The lowest BCUT2D eigenvalue weighted by atomic mass is 10.1. The molecule has 0 aliphatic rings. The van der Waals surface area contributed by atoms with Crippen LogP contribution in [0.1, 0.15) is 39.3 Å². The van der Waals surface area contributed by atoms with E-state index in [9.17, 15) is 13.6 Å². The molecule has 1 rings (SSSR count). The van der Waals surface area contributed by atoms with Gasteiger partial charge < -0.3 is 5.32 Å². The van der Waals surface area contributed by atoms with Crippen molar-refractivity contribution in [2.45, 2.75) is 45.8 Å². The third-order valence-electron chi connectivity index (χ3n) is 2.77. The second-order valence-corrected chi connectivity index (χ2v) is 4.95. The number of carbonyl (C=O) groups is 1. The van der Waals surface area contributed by atoms with Crippen molar-refractivity contribution in [3.8, 4) is 0 Å². The molecule has 1 aromatic rings. The first-order valence-corrected chi connectivity index (χ1v) is 6.32. The minimum Gasteiger partial charge on any atom is -0.353 e. The van der Waals surface area contributed by atoms with Gasteiger partial charge in [-0.25, -0.2) is 8.78 Å². The van der Waals surface area contributed by atoms with Crippen LogP contribution in [-0.2, 0) is 4.79 Å². The summed E-state index contributed by atoms with van der Waals surface area (Å²) in [5, 5.41) is 5.83. The van der Waals surface area contributed by atoms with Crippen LogP contribution in [0.25, 0.3) is 0 Å². The summed E-state index contributed by atoms with van der Waals surface area (Å²) in [6.07, 6.45) is 0. The van der Waals surface area contributed by atoms with Gasteiger partial charge >= 0.3 is 0 Å². The number of benzene rings is 1. The molecule has 106 valence electrons. The normalized spacial score (nSPS) is 14.3. The number of halogens is 2. The zero-order valence-electron chi connectivity index (χ0n) is 11.6. The minimum absolute atomic E-state index is 0.0651. The van der Waals surface area contributed by atoms with Crippen molar-refractivity contribution in [2.24, 2.45) is 0 Å². The van der Waals surface area contributed by atoms with Crippen LogP contribution in [0.15, 0.2) is 18.2 Å². The van der Waals surface area contributed by atoms with Crippen LogP contribution in [-0.4, -0.2) is 18.0 Å². The Bertz CT molecular complexity index is 449. The molecule has 0 heterocycles. The van der Waals surface area contributed by atoms with Crippen LogP contribution in [0.5, 0.6) is 0 Å². The maximum absolute atomic E-state index is 13.1. The summed E-state index contributed by atoms with van der Waals surface area (Å²) >= 11 is 0. The quantitative estimate of drug-likeness (QED) is 0.863. The third-order valence-corrected chi connectivity index (χ3v) is 2.77. The van der Waals surface area contributed by atoms with Gasteiger partial charge in [0.15, 0.2) is 11.6 Å². The molecule has 0 bridgehead atoms. The second-order valence-electron chi connectivity index (χ2n) is 4.95. The molecule has 0 spiro atoms. The Labute approximate surface area is 112 Å². The Kier molecular flexibility index (Phi) is 5.42. The Morgan fingerprint density at radius 3 is 2.26 bits per heavy atom. The van der Waals surface area contributed by atoms with Gasteiger partial charge in [-0.2, -0.15) is 0 Å². The summed E-state index contributed by atoms with van der Waals surface area (Å²) in [4.78, 5) is 11.7. The van der Waals surface area contributed by atoms with E-state index < -0.39 is 17.7 Å². The molecule has 2 N–H and O–H groups in total. The van der Waals surface area contributed by atoms with Crippen molar-refractivity contribution >= 4 is 5.91 Å². The van der Waals surface area contributed by atoms with E-state index in [-0.39, 0.29) is 18.0 Å². The van der Waals surface area contributed by atoms with Crippen LogP contribution in [0.4, 0.5) is 8.78 Å². The minimum atomic E-state index is -0.884. The highest BCUT2D eigenvalue weighted by Crippen LogP contribution is 2.16. The lowest BCUT2D eigenvalue weighted by Gasteiger charge is -2.21. The van der Waals surface area contributed by atoms with E-state index in [1.165, 1.54) is 6.07 Å². The van der Waals surface area contributed by atoms with E-state index in [2.05, 4.69) is 10.6 Å². The predicted octanol–water partition coefficient (Wildman–Crippen LogP) is 2.53. The molecule has 0 aliphatic carbocycles. The molecular weight excluding hydrogens is 250 g/mol. The van der Waals surface area contributed by atoms with Crippen molar-refractivity contribution in [1.82, 2.24) is 10.6 Å². The molecule has 5 heteroatoms. The highest BCUT2D eigenvalue weighted by Gasteiger charge is 2.17. The third kappa shape index (κ3) is 4.59. The fraction of sp³-hybridized carbons (Fsp3) is 0.500. The van der Waals surface area contributed by atoms with Crippen LogP contribution in [0.3, 0.4) is 0 Å². The highest BCUT2D eigenvalue weighted by atomic mass is 19.2. The molecule has 0 aromatic heterocycles. The van der Waals surface area contributed by atoms with Gasteiger partial charge in [-0.3, -0.25) is 10.1 Å². The monoisotopic (exact) mass is 270 g/mol. The largest absolute Gasteiger partial charge is 0.353 e. The van der Waals surface area contributed by atoms with Crippen molar-refractivity contribution in [3.05, 3.63) is 35.4 Å². The number of amides is 1. The molecule has 0 saturated carbocycles. The average molecular weight is 270 g/mol. The Morgan fingerprint density at radius 1 is 1.11 bits per heavy atom. The molecule has 3 nitrogen and oxygen atoms in total. The first kappa shape index (κ1) is 15.6. The molecule has 0 saturated heterocycles. The maximum atomic E-state index is 13.1. The fourth-order valence-electron chi connectivity index (χ4n) is 1.74.